The monoisotopic (exact) mass is 474 g/mol. The van der Waals surface area contributed by atoms with E-state index in [0.717, 1.165) is 0 Å². The molecule has 0 aliphatic carbocycles. The molecule has 1 aliphatic rings. The van der Waals surface area contributed by atoms with Crippen LogP contribution in [0.2, 0.25) is 5.02 Å². The van der Waals surface area contributed by atoms with Crippen molar-refractivity contribution in [3.63, 3.8) is 0 Å². The number of rotatable bonds is 9. The number of carbonyl (C=O) groups is 2. The van der Waals surface area contributed by atoms with Crippen molar-refractivity contribution in [3.8, 4) is 11.5 Å². The number of methoxy groups -OCH3 is 2. The maximum Gasteiger partial charge on any atom is 0.295 e. The molecule has 0 saturated carbocycles. The first-order chi connectivity index (χ1) is 15.8. The summed E-state index contributed by atoms with van der Waals surface area (Å²) < 4.78 is 16.2. The lowest BCUT2D eigenvalue weighted by atomic mass is 9.96. The Kier molecular flexibility index (Phi) is 7.94. The standard InChI is InChI=1S/C24H27ClN2O6/c1-14(2)33-10-6-9-27-21(15-7-5-8-26-13-15)20(23(29)24(27)30)22(28)16-11-19(32-4)17(25)12-18(16)31-3/h5,7-8,11-14,21,28H,6,9-10H2,1-4H3/b22-20+. The Morgan fingerprint density at radius 3 is 2.55 bits per heavy atom. The number of halogens is 1. The molecule has 9 heteroatoms. The van der Waals surface area contributed by atoms with Crippen LogP contribution >= 0.6 is 11.6 Å². The van der Waals surface area contributed by atoms with Crippen LogP contribution < -0.4 is 9.47 Å². The molecule has 1 amide bonds. The van der Waals surface area contributed by atoms with Crippen molar-refractivity contribution in [1.29, 1.82) is 0 Å². The van der Waals surface area contributed by atoms with Gasteiger partial charge in [-0.3, -0.25) is 14.6 Å². The van der Waals surface area contributed by atoms with E-state index < -0.39 is 17.7 Å². The highest BCUT2D eigenvalue weighted by atomic mass is 35.5. The number of amides is 1. The van der Waals surface area contributed by atoms with Gasteiger partial charge >= 0.3 is 0 Å². The smallest absolute Gasteiger partial charge is 0.295 e. The Morgan fingerprint density at radius 2 is 1.94 bits per heavy atom. The third-order valence-electron chi connectivity index (χ3n) is 5.26. The first-order valence-electron chi connectivity index (χ1n) is 10.5. The molecule has 2 aromatic rings. The molecule has 0 bridgehead atoms. The van der Waals surface area contributed by atoms with Crippen molar-refractivity contribution in [2.75, 3.05) is 27.4 Å². The van der Waals surface area contributed by atoms with Crippen LogP contribution in [0, 0.1) is 0 Å². The van der Waals surface area contributed by atoms with Gasteiger partial charge in [0.05, 0.1) is 42.5 Å². The van der Waals surface area contributed by atoms with Crippen LogP contribution in [0.5, 0.6) is 11.5 Å². The summed E-state index contributed by atoms with van der Waals surface area (Å²) in [5.41, 5.74) is 0.733. The summed E-state index contributed by atoms with van der Waals surface area (Å²) in [6, 6.07) is 5.61. The molecule has 1 aromatic carbocycles. The van der Waals surface area contributed by atoms with Gasteiger partial charge in [-0.2, -0.15) is 0 Å². The van der Waals surface area contributed by atoms with E-state index in [4.69, 9.17) is 25.8 Å². The predicted octanol–water partition coefficient (Wildman–Crippen LogP) is 3.99. The van der Waals surface area contributed by atoms with E-state index in [1.807, 2.05) is 13.8 Å². The summed E-state index contributed by atoms with van der Waals surface area (Å²) in [5, 5.41) is 11.6. The number of hydrogen-bond donors (Lipinski definition) is 1. The Bertz CT molecular complexity index is 1050. The Labute approximate surface area is 197 Å². The lowest BCUT2D eigenvalue weighted by molar-refractivity contribution is -0.140. The van der Waals surface area contributed by atoms with Crippen molar-refractivity contribution in [1.82, 2.24) is 9.88 Å². The second-order valence-corrected chi connectivity index (χ2v) is 8.15. The molecule has 8 nitrogen and oxygen atoms in total. The molecule has 2 heterocycles. The van der Waals surface area contributed by atoms with Crippen LogP contribution in [-0.2, 0) is 14.3 Å². The summed E-state index contributed by atoms with van der Waals surface area (Å²) in [6.07, 6.45) is 3.75. The van der Waals surface area contributed by atoms with Crippen LogP contribution in [-0.4, -0.2) is 60.2 Å². The number of ketones is 1. The van der Waals surface area contributed by atoms with Gasteiger partial charge < -0.3 is 24.2 Å². The molecule has 1 atom stereocenters. The molecule has 176 valence electrons. The minimum Gasteiger partial charge on any atom is -0.507 e. The normalized spacial score (nSPS) is 17.6. The molecule has 0 radical (unpaired) electrons. The van der Waals surface area contributed by atoms with Crippen LogP contribution in [0.15, 0.2) is 42.2 Å². The highest BCUT2D eigenvalue weighted by Crippen LogP contribution is 2.42. The number of nitrogens with zero attached hydrogens (tertiary/aromatic N) is 2. The maximum atomic E-state index is 13.1. The molecule has 1 aromatic heterocycles. The molecular formula is C24H27ClN2O6. The van der Waals surface area contributed by atoms with Crippen LogP contribution in [0.25, 0.3) is 5.76 Å². The Hall–Kier alpha value is -3.10. The van der Waals surface area contributed by atoms with Gasteiger partial charge in [-0.1, -0.05) is 17.7 Å². The van der Waals surface area contributed by atoms with Crippen LogP contribution in [0.1, 0.15) is 37.4 Å². The largest absolute Gasteiger partial charge is 0.507 e. The van der Waals surface area contributed by atoms with E-state index in [2.05, 4.69) is 4.98 Å². The number of benzene rings is 1. The fourth-order valence-corrected chi connectivity index (χ4v) is 3.97. The summed E-state index contributed by atoms with van der Waals surface area (Å²) >= 11 is 6.19. The summed E-state index contributed by atoms with van der Waals surface area (Å²) in [4.78, 5) is 31.7. The number of aliphatic hydroxyl groups excluding tert-OH is 1. The Morgan fingerprint density at radius 1 is 1.21 bits per heavy atom. The minimum atomic E-state index is -0.816. The number of pyridine rings is 1. The zero-order valence-corrected chi connectivity index (χ0v) is 19.8. The van der Waals surface area contributed by atoms with Gasteiger partial charge in [-0.15, -0.1) is 0 Å². The number of aromatic nitrogens is 1. The number of hydrogen-bond acceptors (Lipinski definition) is 7. The van der Waals surface area contributed by atoms with Crippen molar-refractivity contribution in [3.05, 3.63) is 58.4 Å². The highest BCUT2D eigenvalue weighted by molar-refractivity contribution is 6.46. The molecule has 33 heavy (non-hydrogen) atoms. The second kappa shape index (κ2) is 10.7. The molecule has 0 spiro atoms. The highest BCUT2D eigenvalue weighted by Gasteiger charge is 2.46. The van der Waals surface area contributed by atoms with Gasteiger partial charge in [-0.25, -0.2) is 0 Å². The zero-order valence-electron chi connectivity index (χ0n) is 19.0. The average Bonchev–Trinajstić information content (AvgIpc) is 3.06. The molecule has 1 unspecified atom stereocenters. The summed E-state index contributed by atoms with van der Waals surface area (Å²) in [6.45, 7) is 4.56. The topological polar surface area (TPSA) is 98.2 Å². The van der Waals surface area contributed by atoms with E-state index in [9.17, 15) is 14.7 Å². The molecule has 1 aliphatic heterocycles. The molecular weight excluding hydrogens is 448 g/mol. The lowest BCUT2D eigenvalue weighted by Gasteiger charge is -2.25. The van der Waals surface area contributed by atoms with Crippen molar-refractivity contribution >= 4 is 29.1 Å². The van der Waals surface area contributed by atoms with E-state index in [0.29, 0.717) is 18.6 Å². The minimum absolute atomic E-state index is 0.0551. The van der Waals surface area contributed by atoms with Crippen molar-refractivity contribution in [2.45, 2.75) is 32.4 Å². The SMILES string of the molecule is COc1cc(/C(O)=C2\C(=O)C(=O)N(CCCOC(C)C)C2c2cccnc2)c(OC)cc1Cl. The van der Waals surface area contributed by atoms with Gasteiger partial charge in [0.2, 0.25) is 0 Å². The molecule has 1 N–H and O–H groups in total. The number of Topliss-reactive ketones (excluding diaryl/α,β-unsaturated/α-hetero) is 1. The fourth-order valence-electron chi connectivity index (χ4n) is 3.74. The third-order valence-corrected chi connectivity index (χ3v) is 5.56. The fraction of sp³-hybridized carbons (Fsp3) is 0.375. The van der Waals surface area contributed by atoms with E-state index in [1.165, 1.54) is 31.3 Å². The first-order valence-corrected chi connectivity index (χ1v) is 10.9. The predicted molar refractivity (Wildman–Crippen MR) is 124 cm³/mol. The third kappa shape index (κ3) is 5.12. The van der Waals surface area contributed by atoms with Crippen molar-refractivity contribution < 1.29 is 28.9 Å². The van der Waals surface area contributed by atoms with Crippen molar-refractivity contribution in [2.24, 2.45) is 0 Å². The van der Waals surface area contributed by atoms with Gasteiger partial charge in [0, 0.05) is 31.6 Å². The number of ether oxygens (including phenoxy) is 3. The molecule has 3 rings (SSSR count). The summed E-state index contributed by atoms with van der Waals surface area (Å²) in [7, 11) is 2.85. The van der Waals surface area contributed by atoms with Gasteiger partial charge in [-0.05, 0) is 38.0 Å². The van der Waals surface area contributed by atoms with E-state index >= 15 is 0 Å². The number of aliphatic hydroxyl groups is 1. The zero-order chi connectivity index (χ0) is 24.1. The lowest BCUT2D eigenvalue weighted by Crippen LogP contribution is -2.31. The van der Waals surface area contributed by atoms with Crippen LogP contribution in [0.4, 0.5) is 0 Å². The molecule has 1 saturated heterocycles. The van der Waals surface area contributed by atoms with Crippen LogP contribution in [0.3, 0.4) is 0 Å². The summed E-state index contributed by atoms with van der Waals surface area (Å²) in [5.74, 6) is -1.34. The Balaban J connectivity index is 2.11. The van der Waals surface area contributed by atoms with Gasteiger partial charge in [0.1, 0.15) is 17.3 Å². The average molecular weight is 475 g/mol. The van der Waals surface area contributed by atoms with E-state index in [1.54, 1.807) is 24.5 Å². The number of carbonyl (C=O) groups excluding carboxylic acids is 2. The van der Waals surface area contributed by atoms with Gasteiger partial charge in [0.25, 0.3) is 11.7 Å². The second-order valence-electron chi connectivity index (χ2n) is 7.74. The molecule has 1 fully saturated rings. The van der Waals surface area contributed by atoms with Gasteiger partial charge in [0.15, 0.2) is 0 Å². The maximum absolute atomic E-state index is 13.1. The number of likely N-dealkylation sites (tertiary alicyclic amines) is 1. The first kappa shape index (κ1) is 24.5. The van der Waals surface area contributed by atoms with E-state index in [-0.39, 0.29) is 46.1 Å². The quantitative estimate of drug-likeness (QED) is 0.254.